The number of urea groups is 1. The average molecular weight is 321 g/mol. The molecule has 23 heavy (non-hydrogen) atoms. The molecule has 1 aromatic rings. The van der Waals surface area contributed by atoms with Gasteiger partial charge in [-0.3, -0.25) is 0 Å². The van der Waals surface area contributed by atoms with Crippen LogP contribution in [0.15, 0.2) is 12.3 Å². The average Bonchev–Trinajstić information content (AvgIpc) is 2.57. The van der Waals surface area contributed by atoms with Gasteiger partial charge in [-0.15, -0.1) is 0 Å². The summed E-state index contributed by atoms with van der Waals surface area (Å²) in [5.74, 6) is 1.29. The topological polar surface area (TPSA) is 103 Å². The molecule has 2 fully saturated rings. The predicted molar refractivity (Wildman–Crippen MR) is 84.5 cm³/mol. The Kier molecular flexibility index (Phi) is 5.12. The van der Waals surface area contributed by atoms with E-state index in [9.17, 15) is 4.79 Å². The number of morpholine rings is 1. The van der Waals surface area contributed by atoms with Crippen LogP contribution in [0, 0.1) is 0 Å². The minimum Gasteiger partial charge on any atom is -0.474 e. The fraction of sp³-hybridized carbons (Fsp3) is 0.667. The van der Waals surface area contributed by atoms with E-state index in [-0.39, 0.29) is 12.1 Å². The number of primary amides is 1. The van der Waals surface area contributed by atoms with E-state index < -0.39 is 6.03 Å². The minimum atomic E-state index is -0.458. The number of carbonyl (C=O) groups is 1. The molecule has 0 unspecified atom stereocenters. The monoisotopic (exact) mass is 321 g/mol. The van der Waals surface area contributed by atoms with Crippen LogP contribution in [0.5, 0.6) is 5.88 Å². The van der Waals surface area contributed by atoms with Crippen LogP contribution in [-0.4, -0.2) is 54.4 Å². The molecule has 2 aliphatic rings. The fourth-order valence-electron chi connectivity index (χ4n) is 3.01. The highest BCUT2D eigenvalue weighted by Gasteiger charge is 2.23. The first-order chi connectivity index (χ1) is 11.2. The molecule has 1 saturated heterocycles. The maximum atomic E-state index is 10.9. The molecule has 0 spiro atoms. The van der Waals surface area contributed by atoms with Crippen molar-refractivity contribution in [2.24, 2.45) is 5.73 Å². The summed E-state index contributed by atoms with van der Waals surface area (Å²) < 4.78 is 11.3. The van der Waals surface area contributed by atoms with Gasteiger partial charge in [0, 0.05) is 31.4 Å². The van der Waals surface area contributed by atoms with Gasteiger partial charge in [0.2, 0.25) is 11.8 Å². The van der Waals surface area contributed by atoms with Gasteiger partial charge in [0.25, 0.3) is 0 Å². The van der Waals surface area contributed by atoms with Gasteiger partial charge in [0.05, 0.1) is 13.2 Å². The summed E-state index contributed by atoms with van der Waals surface area (Å²) >= 11 is 0. The number of nitrogens with two attached hydrogens (primary N) is 1. The van der Waals surface area contributed by atoms with E-state index in [0.29, 0.717) is 25.0 Å². The van der Waals surface area contributed by atoms with Crippen LogP contribution in [0.4, 0.5) is 10.7 Å². The second-order valence-electron chi connectivity index (χ2n) is 5.89. The number of anilines is 1. The minimum absolute atomic E-state index is 0.119. The molecule has 3 N–H and O–H groups in total. The quantitative estimate of drug-likeness (QED) is 0.845. The number of hydrogen-bond donors (Lipinski definition) is 2. The number of nitrogens with zero attached hydrogens (tertiary/aromatic N) is 3. The zero-order valence-corrected chi connectivity index (χ0v) is 13.1. The first-order valence-corrected chi connectivity index (χ1v) is 8.09. The van der Waals surface area contributed by atoms with Crippen LogP contribution in [0.2, 0.25) is 0 Å². The summed E-state index contributed by atoms with van der Waals surface area (Å²) in [7, 11) is 0. The van der Waals surface area contributed by atoms with Gasteiger partial charge in [-0.2, -0.15) is 4.98 Å². The van der Waals surface area contributed by atoms with Gasteiger partial charge in [0.15, 0.2) is 0 Å². The Hall–Kier alpha value is -2.09. The number of nitrogens with one attached hydrogen (secondary N) is 1. The molecule has 1 aromatic heterocycles. The second kappa shape index (κ2) is 7.45. The maximum absolute atomic E-state index is 10.9. The SMILES string of the molecule is NC(=O)NC1CCC(Oc2ccnc(N3CCOCC3)n2)CC1. The zero-order valence-electron chi connectivity index (χ0n) is 13.1. The van der Waals surface area contributed by atoms with Crippen molar-refractivity contribution in [1.82, 2.24) is 15.3 Å². The van der Waals surface area contributed by atoms with E-state index in [1.54, 1.807) is 12.3 Å². The first-order valence-electron chi connectivity index (χ1n) is 8.09. The largest absolute Gasteiger partial charge is 0.474 e. The Morgan fingerprint density at radius 3 is 2.74 bits per heavy atom. The van der Waals surface area contributed by atoms with Crippen LogP contribution in [0.25, 0.3) is 0 Å². The van der Waals surface area contributed by atoms with Gasteiger partial charge < -0.3 is 25.4 Å². The third kappa shape index (κ3) is 4.44. The smallest absolute Gasteiger partial charge is 0.312 e. The van der Waals surface area contributed by atoms with Crippen LogP contribution in [-0.2, 0) is 4.74 Å². The molecule has 2 heterocycles. The van der Waals surface area contributed by atoms with E-state index in [4.69, 9.17) is 15.2 Å². The first kappa shape index (κ1) is 15.8. The molecule has 126 valence electrons. The van der Waals surface area contributed by atoms with Crippen molar-refractivity contribution in [3.8, 4) is 5.88 Å². The molecule has 3 rings (SSSR count). The number of ether oxygens (including phenoxy) is 2. The third-order valence-corrected chi connectivity index (χ3v) is 4.22. The molecule has 0 atom stereocenters. The summed E-state index contributed by atoms with van der Waals surface area (Å²) in [5.41, 5.74) is 5.16. The molecule has 1 saturated carbocycles. The Balaban J connectivity index is 1.53. The summed E-state index contributed by atoms with van der Waals surface area (Å²) in [4.78, 5) is 21.8. The Morgan fingerprint density at radius 1 is 1.30 bits per heavy atom. The number of carbonyl (C=O) groups excluding carboxylic acids is 1. The number of aromatic nitrogens is 2. The van der Waals surface area contributed by atoms with Crippen LogP contribution >= 0.6 is 0 Å². The van der Waals surface area contributed by atoms with Crippen molar-refractivity contribution in [3.05, 3.63) is 12.3 Å². The van der Waals surface area contributed by atoms with Crippen molar-refractivity contribution in [1.29, 1.82) is 0 Å². The number of hydrogen-bond acceptors (Lipinski definition) is 6. The van der Waals surface area contributed by atoms with E-state index in [0.717, 1.165) is 38.8 Å². The normalized spacial score (nSPS) is 25.0. The molecule has 8 nitrogen and oxygen atoms in total. The van der Waals surface area contributed by atoms with Crippen LogP contribution in [0.3, 0.4) is 0 Å². The predicted octanol–water partition coefficient (Wildman–Crippen LogP) is 0.671. The highest BCUT2D eigenvalue weighted by atomic mass is 16.5. The summed E-state index contributed by atoms with van der Waals surface area (Å²) in [6.45, 7) is 3.00. The molecule has 2 amide bonds. The van der Waals surface area contributed by atoms with Gasteiger partial charge in [0.1, 0.15) is 6.10 Å². The zero-order chi connectivity index (χ0) is 16.1. The molecule has 0 bridgehead atoms. The summed E-state index contributed by atoms with van der Waals surface area (Å²) in [5, 5.41) is 2.76. The number of rotatable bonds is 4. The highest BCUT2D eigenvalue weighted by Crippen LogP contribution is 2.23. The van der Waals surface area contributed by atoms with Gasteiger partial charge in [-0.05, 0) is 25.7 Å². The van der Waals surface area contributed by atoms with E-state index in [1.165, 1.54) is 0 Å². The van der Waals surface area contributed by atoms with E-state index in [2.05, 4.69) is 20.2 Å². The van der Waals surface area contributed by atoms with Crippen molar-refractivity contribution in [3.63, 3.8) is 0 Å². The lowest BCUT2D eigenvalue weighted by atomic mass is 9.93. The molecular weight excluding hydrogens is 298 g/mol. The van der Waals surface area contributed by atoms with Crippen molar-refractivity contribution in [2.45, 2.75) is 37.8 Å². The van der Waals surface area contributed by atoms with Crippen LogP contribution < -0.4 is 20.7 Å². The molecule has 1 aliphatic heterocycles. The lowest BCUT2D eigenvalue weighted by Crippen LogP contribution is -2.42. The lowest BCUT2D eigenvalue weighted by molar-refractivity contribution is 0.121. The Bertz CT molecular complexity index is 528. The van der Waals surface area contributed by atoms with Crippen LogP contribution in [0.1, 0.15) is 25.7 Å². The second-order valence-corrected chi connectivity index (χ2v) is 5.89. The third-order valence-electron chi connectivity index (χ3n) is 4.22. The number of amides is 2. The maximum Gasteiger partial charge on any atom is 0.312 e. The molecule has 1 aliphatic carbocycles. The Labute approximate surface area is 135 Å². The van der Waals surface area contributed by atoms with Gasteiger partial charge >= 0.3 is 6.03 Å². The summed E-state index contributed by atoms with van der Waals surface area (Å²) in [6.07, 6.45) is 5.34. The van der Waals surface area contributed by atoms with Gasteiger partial charge in [-0.1, -0.05) is 0 Å². The van der Waals surface area contributed by atoms with Gasteiger partial charge in [-0.25, -0.2) is 9.78 Å². The Morgan fingerprint density at radius 2 is 2.04 bits per heavy atom. The lowest BCUT2D eigenvalue weighted by Gasteiger charge is -2.29. The molecular formula is C15H23N5O3. The molecule has 0 radical (unpaired) electrons. The van der Waals surface area contributed by atoms with Crippen molar-refractivity contribution >= 4 is 12.0 Å². The van der Waals surface area contributed by atoms with Crippen molar-refractivity contribution in [2.75, 3.05) is 31.2 Å². The standard InChI is InChI=1S/C15H23N5O3/c16-14(21)18-11-1-3-12(4-2-11)23-13-5-6-17-15(19-13)20-7-9-22-10-8-20/h5-6,11-12H,1-4,7-10H2,(H3,16,18,21). The highest BCUT2D eigenvalue weighted by molar-refractivity contribution is 5.71. The van der Waals surface area contributed by atoms with E-state index in [1.807, 2.05) is 0 Å². The fourth-order valence-corrected chi connectivity index (χ4v) is 3.01. The molecule has 8 heteroatoms. The summed E-state index contributed by atoms with van der Waals surface area (Å²) in [6, 6.07) is 1.49. The molecule has 0 aromatic carbocycles. The van der Waals surface area contributed by atoms with E-state index >= 15 is 0 Å². The van der Waals surface area contributed by atoms with Crippen molar-refractivity contribution < 1.29 is 14.3 Å².